The molecular formula is C16H25ClN2O. The number of nitrogens with one attached hydrogen (secondary N) is 1. The molecule has 112 valence electrons. The van der Waals surface area contributed by atoms with Gasteiger partial charge in [-0.05, 0) is 45.2 Å². The molecule has 1 aromatic carbocycles. The van der Waals surface area contributed by atoms with Crippen molar-refractivity contribution >= 4 is 18.3 Å². The highest BCUT2D eigenvalue weighted by Gasteiger charge is 2.36. The number of amides is 1. The first kappa shape index (κ1) is 17.0. The number of halogens is 1. The molecule has 0 aliphatic carbocycles. The maximum Gasteiger partial charge on any atom is 0.242 e. The quantitative estimate of drug-likeness (QED) is 0.926. The third-order valence-electron chi connectivity index (χ3n) is 3.98. The minimum atomic E-state index is -0.372. The van der Waals surface area contributed by atoms with Crippen LogP contribution in [0.15, 0.2) is 30.3 Å². The third-order valence-corrected chi connectivity index (χ3v) is 3.98. The summed E-state index contributed by atoms with van der Waals surface area (Å²) in [6, 6.07) is 10.2. The van der Waals surface area contributed by atoms with Gasteiger partial charge in [0.1, 0.15) is 0 Å². The Balaban J connectivity index is 0.00000200. The molecule has 2 rings (SSSR count). The molecule has 1 amide bonds. The van der Waals surface area contributed by atoms with Crippen LogP contribution in [0.3, 0.4) is 0 Å². The fourth-order valence-electron chi connectivity index (χ4n) is 2.72. The lowest BCUT2D eigenvalue weighted by atomic mass is 9.89. The Kier molecular flexibility index (Phi) is 6.50. The number of carbonyl (C=O) groups excluding carboxylic acids is 1. The van der Waals surface area contributed by atoms with Gasteiger partial charge in [0, 0.05) is 13.1 Å². The summed E-state index contributed by atoms with van der Waals surface area (Å²) in [5.41, 5.74) is 0.820. The monoisotopic (exact) mass is 296 g/mol. The van der Waals surface area contributed by atoms with E-state index < -0.39 is 0 Å². The van der Waals surface area contributed by atoms with Gasteiger partial charge in [-0.2, -0.15) is 0 Å². The lowest BCUT2D eigenvalue weighted by molar-refractivity contribution is -0.139. The fourth-order valence-corrected chi connectivity index (χ4v) is 2.72. The van der Waals surface area contributed by atoms with Gasteiger partial charge in [-0.25, -0.2) is 0 Å². The van der Waals surface area contributed by atoms with Crippen LogP contribution in [0.1, 0.15) is 38.7 Å². The molecule has 0 spiro atoms. The molecule has 1 N–H and O–H groups in total. The van der Waals surface area contributed by atoms with Crippen LogP contribution in [0.2, 0.25) is 0 Å². The van der Waals surface area contributed by atoms with E-state index in [-0.39, 0.29) is 23.9 Å². The van der Waals surface area contributed by atoms with E-state index in [4.69, 9.17) is 0 Å². The third kappa shape index (κ3) is 3.97. The Hall–Kier alpha value is -1.06. The summed E-state index contributed by atoms with van der Waals surface area (Å²) in [5, 5.41) is 3.40. The van der Waals surface area contributed by atoms with Crippen LogP contribution in [0.5, 0.6) is 0 Å². The number of likely N-dealkylation sites (N-methyl/N-ethyl adjacent to an activating group) is 1. The lowest BCUT2D eigenvalue weighted by Crippen LogP contribution is -2.57. The van der Waals surface area contributed by atoms with Gasteiger partial charge in [-0.3, -0.25) is 4.79 Å². The average Bonchev–Trinajstić information content (AvgIpc) is 2.46. The zero-order valence-electron chi connectivity index (χ0n) is 12.4. The van der Waals surface area contributed by atoms with Crippen molar-refractivity contribution in [3.63, 3.8) is 0 Å². The number of hydrogen-bond acceptors (Lipinski definition) is 2. The molecule has 20 heavy (non-hydrogen) atoms. The van der Waals surface area contributed by atoms with Gasteiger partial charge in [-0.1, -0.05) is 30.3 Å². The highest BCUT2D eigenvalue weighted by atomic mass is 35.5. The van der Waals surface area contributed by atoms with Gasteiger partial charge in [0.05, 0.1) is 5.54 Å². The number of piperidine rings is 1. The standard InChI is InChI=1S/C16H24N2O.ClH/c1-3-18(13-14-9-5-4-6-10-14)15(19)16(2)11-7-8-12-17-16;/h4-6,9-10,17H,3,7-8,11-13H2,1-2H3;1H. The Morgan fingerprint density at radius 1 is 1.30 bits per heavy atom. The normalized spacial score (nSPS) is 21.9. The van der Waals surface area contributed by atoms with Crippen molar-refractivity contribution in [3.05, 3.63) is 35.9 Å². The SMILES string of the molecule is CCN(Cc1ccccc1)C(=O)C1(C)CCCCN1.Cl. The van der Waals surface area contributed by atoms with Crippen molar-refractivity contribution in [2.45, 2.75) is 45.2 Å². The van der Waals surface area contributed by atoms with Gasteiger partial charge in [0.15, 0.2) is 0 Å². The molecule has 0 bridgehead atoms. The maximum absolute atomic E-state index is 12.7. The maximum atomic E-state index is 12.7. The molecule has 1 aliphatic heterocycles. The minimum absolute atomic E-state index is 0. The summed E-state index contributed by atoms with van der Waals surface area (Å²) < 4.78 is 0. The van der Waals surface area contributed by atoms with Gasteiger partial charge in [-0.15, -0.1) is 12.4 Å². The van der Waals surface area contributed by atoms with Crippen LogP contribution in [0.25, 0.3) is 0 Å². The molecule has 1 heterocycles. The van der Waals surface area contributed by atoms with Crippen LogP contribution in [-0.4, -0.2) is 29.4 Å². The Morgan fingerprint density at radius 2 is 2.00 bits per heavy atom. The Labute approximate surface area is 128 Å². The smallest absolute Gasteiger partial charge is 0.242 e. The first-order chi connectivity index (χ1) is 9.15. The number of benzene rings is 1. The minimum Gasteiger partial charge on any atom is -0.337 e. The van der Waals surface area contributed by atoms with Crippen LogP contribution in [0.4, 0.5) is 0 Å². The largest absolute Gasteiger partial charge is 0.337 e. The number of nitrogens with zero attached hydrogens (tertiary/aromatic N) is 1. The van der Waals surface area contributed by atoms with E-state index in [0.717, 1.165) is 25.9 Å². The highest BCUT2D eigenvalue weighted by Crippen LogP contribution is 2.22. The van der Waals surface area contributed by atoms with E-state index in [1.807, 2.05) is 36.9 Å². The molecule has 1 saturated heterocycles. The van der Waals surface area contributed by atoms with Crippen LogP contribution in [0, 0.1) is 0 Å². The molecule has 0 radical (unpaired) electrons. The molecular weight excluding hydrogens is 272 g/mol. The lowest BCUT2D eigenvalue weighted by Gasteiger charge is -2.37. The van der Waals surface area contributed by atoms with Gasteiger partial charge < -0.3 is 10.2 Å². The second-order valence-electron chi connectivity index (χ2n) is 5.52. The van der Waals surface area contributed by atoms with Crippen molar-refractivity contribution in [3.8, 4) is 0 Å². The molecule has 1 aromatic rings. The van der Waals surface area contributed by atoms with Crippen LogP contribution >= 0.6 is 12.4 Å². The first-order valence-electron chi connectivity index (χ1n) is 7.24. The highest BCUT2D eigenvalue weighted by molar-refractivity contribution is 5.86. The van der Waals surface area contributed by atoms with Gasteiger partial charge in [0.2, 0.25) is 5.91 Å². The van der Waals surface area contributed by atoms with E-state index in [1.165, 1.54) is 12.0 Å². The Bertz CT molecular complexity index is 416. The molecule has 0 aromatic heterocycles. The topological polar surface area (TPSA) is 32.3 Å². The van der Waals surface area contributed by atoms with Crippen molar-refractivity contribution < 1.29 is 4.79 Å². The van der Waals surface area contributed by atoms with Gasteiger partial charge >= 0.3 is 0 Å². The van der Waals surface area contributed by atoms with E-state index in [2.05, 4.69) is 17.4 Å². The zero-order chi connectivity index (χ0) is 13.7. The summed E-state index contributed by atoms with van der Waals surface area (Å²) in [5.74, 6) is 0.235. The van der Waals surface area contributed by atoms with Crippen molar-refractivity contribution in [2.24, 2.45) is 0 Å². The first-order valence-corrected chi connectivity index (χ1v) is 7.24. The van der Waals surface area contributed by atoms with E-state index >= 15 is 0 Å². The van der Waals surface area contributed by atoms with Crippen molar-refractivity contribution in [1.29, 1.82) is 0 Å². The summed E-state index contributed by atoms with van der Waals surface area (Å²) >= 11 is 0. The fraction of sp³-hybridized carbons (Fsp3) is 0.562. The second-order valence-corrected chi connectivity index (χ2v) is 5.52. The number of rotatable bonds is 4. The second kappa shape index (κ2) is 7.65. The predicted octanol–water partition coefficient (Wildman–Crippen LogP) is 2.99. The summed E-state index contributed by atoms with van der Waals surface area (Å²) in [6.07, 6.45) is 3.25. The predicted molar refractivity (Wildman–Crippen MR) is 85.0 cm³/mol. The number of carbonyl (C=O) groups is 1. The molecule has 1 atom stereocenters. The molecule has 4 heteroatoms. The van der Waals surface area contributed by atoms with Crippen LogP contribution < -0.4 is 5.32 Å². The van der Waals surface area contributed by atoms with E-state index in [1.54, 1.807) is 0 Å². The molecule has 0 saturated carbocycles. The number of hydrogen-bond donors (Lipinski definition) is 1. The van der Waals surface area contributed by atoms with Crippen LogP contribution in [-0.2, 0) is 11.3 Å². The Morgan fingerprint density at radius 3 is 2.55 bits per heavy atom. The summed E-state index contributed by atoms with van der Waals surface area (Å²) in [6.45, 7) is 6.50. The average molecular weight is 297 g/mol. The van der Waals surface area contributed by atoms with Gasteiger partial charge in [0.25, 0.3) is 0 Å². The zero-order valence-corrected chi connectivity index (χ0v) is 13.2. The molecule has 1 fully saturated rings. The van der Waals surface area contributed by atoms with Crippen molar-refractivity contribution in [1.82, 2.24) is 10.2 Å². The van der Waals surface area contributed by atoms with E-state index in [9.17, 15) is 4.79 Å². The molecule has 1 unspecified atom stereocenters. The van der Waals surface area contributed by atoms with E-state index in [0.29, 0.717) is 6.54 Å². The molecule has 1 aliphatic rings. The van der Waals surface area contributed by atoms with Crippen molar-refractivity contribution in [2.75, 3.05) is 13.1 Å². The summed E-state index contributed by atoms with van der Waals surface area (Å²) in [7, 11) is 0. The summed E-state index contributed by atoms with van der Waals surface area (Å²) in [4.78, 5) is 14.7. The molecule has 3 nitrogen and oxygen atoms in total.